The summed E-state index contributed by atoms with van der Waals surface area (Å²) < 4.78 is 3.46. The van der Waals surface area contributed by atoms with Crippen molar-refractivity contribution < 1.29 is 5.11 Å². The minimum Gasteiger partial charge on any atom is -0.493 e. The van der Waals surface area contributed by atoms with E-state index in [4.69, 9.17) is 0 Å². The molecular weight excluding hydrogens is 252 g/mol. The second-order valence-electron chi connectivity index (χ2n) is 4.83. The topological polar surface area (TPSA) is 55.9 Å². The lowest BCUT2D eigenvalue weighted by molar-refractivity contribution is 0.406. The molecule has 0 aliphatic carbocycles. The van der Waals surface area contributed by atoms with Crippen molar-refractivity contribution in [2.24, 2.45) is 0 Å². The Bertz CT molecular complexity index is 728. The Labute approximate surface area is 117 Å². The van der Waals surface area contributed by atoms with Crippen LogP contribution >= 0.6 is 0 Å². The molecule has 0 bridgehead atoms. The normalized spacial score (nSPS) is 10.9. The lowest BCUT2D eigenvalue weighted by atomic mass is 10.3. The quantitative estimate of drug-likeness (QED) is 0.793. The molecule has 0 spiro atoms. The van der Waals surface area contributed by atoms with E-state index in [1.807, 2.05) is 54.9 Å². The maximum atomic E-state index is 9.83. The van der Waals surface area contributed by atoms with Gasteiger partial charge >= 0.3 is 0 Å². The first-order valence-electron chi connectivity index (χ1n) is 6.48. The van der Waals surface area contributed by atoms with Gasteiger partial charge in [0.25, 0.3) is 0 Å². The summed E-state index contributed by atoms with van der Waals surface area (Å²) in [6, 6.07) is 13.6. The van der Waals surface area contributed by atoms with Gasteiger partial charge in [0, 0.05) is 6.07 Å². The molecule has 2 aromatic heterocycles. The lowest BCUT2D eigenvalue weighted by Gasteiger charge is -2.08. The van der Waals surface area contributed by atoms with Crippen molar-refractivity contribution in [3.05, 3.63) is 59.5 Å². The van der Waals surface area contributed by atoms with Crippen LogP contribution in [0.15, 0.2) is 42.5 Å². The molecular formula is C15H16N4O. The Kier molecular flexibility index (Phi) is 3.02. The molecule has 102 valence electrons. The second-order valence-corrected chi connectivity index (χ2v) is 4.83. The molecule has 0 atom stereocenters. The number of para-hydroxylation sites is 1. The van der Waals surface area contributed by atoms with Gasteiger partial charge in [-0.2, -0.15) is 10.2 Å². The summed E-state index contributed by atoms with van der Waals surface area (Å²) in [6.07, 6.45) is 0. The predicted octanol–water partition coefficient (Wildman–Crippen LogP) is 2.44. The summed E-state index contributed by atoms with van der Waals surface area (Å²) in [4.78, 5) is 0. The largest absolute Gasteiger partial charge is 0.493 e. The number of aromatic hydroxyl groups is 1. The van der Waals surface area contributed by atoms with E-state index in [0.29, 0.717) is 6.54 Å². The molecule has 0 unspecified atom stereocenters. The minimum absolute atomic E-state index is 0.168. The molecule has 20 heavy (non-hydrogen) atoms. The van der Waals surface area contributed by atoms with Crippen LogP contribution in [-0.2, 0) is 6.54 Å². The molecule has 0 saturated heterocycles. The Morgan fingerprint density at radius 3 is 2.35 bits per heavy atom. The van der Waals surface area contributed by atoms with E-state index >= 15 is 0 Å². The third-order valence-electron chi connectivity index (χ3n) is 3.10. The van der Waals surface area contributed by atoms with Crippen molar-refractivity contribution in [3.63, 3.8) is 0 Å². The molecule has 0 saturated carbocycles. The van der Waals surface area contributed by atoms with Crippen molar-refractivity contribution in [2.45, 2.75) is 20.4 Å². The number of rotatable bonds is 3. The third kappa shape index (κ3) is 2.30. The fraction of sp³-hybridized carbons (Fsp3) is 0.200. The zero-order valence-corrected chi connectivity index (χ0v) is 11.5. The van der Waals surface area contributed by atoms with Crippen molar-refractivity contribution >= 4 is 0 Å². The summed E-state index contributed by atoms with van der Waals surface area (Å²) in [7, 11) is 0. The van der Waals surface area contributed by atoms with Crippen LogP contribution in [0.25, 0.3) is 5.69 Å². The van der Waals surface area contributed by atoms with Crippen molar-refractivity contribution in [2.75, 3.05) is 0 Å². The summed E-state index contributed by atoms with van der Waals surface area (Å²) in [5.41, 5.74) is 3.71. The van der Waals surface area contributed by atoms with E-state index < -0.39 is 0 Å². The lowest BCUT2D eigenvalue weighted by Crippen LogP contribution is -2.08. The molecule has 0 amide bonds. The Morgan fingerprint density at radius 1 is 1.00 bits per heavy atom. The van der Waals surface area contributed by atoms with E-state index in [9.17, 15) is 5.11 Å². The van der Waals surface area contributed by atoms with Gasteiger partial charge in [-0.25, -0.2) is 9.36 Å². The van der Waals surface area contributed by atoms with Crippen LogP contribution in [0.1, 0.15) is 17.1 Å². The van der Waals surface area contributed by atoms with Gasteiger partial charge in [0.15, 0.2) is 0 Å². The summed E-state index contributed by atoms with van der Waals surface area (Å²) in [6.45, 7) is 4.29. The van der Waals surface area contributed by atoms with Crippen LogP contribution in [0.2, 0.25) is 0 Å². The van der Waals surface area contributed by atoms with Crippen LogP contribution in [0.3, 0.4) is 0 Å². The van der Waals surface area contributed by atoms with E-state index in [-0.39, 0.29) is 5.88 Å². The molecule has 0 fully saturated rings. The van der Waals surface area contributed by atoms with Gasteiger partial charge in [-0.05, 0) is 32.0 Å². The molecule has 3 rings (SSSR count). The molecule has 0 aliphatic rings. The molecule has 1 aromatic carbocycles. The first-order valence-corrected chi connectivity index (χ1v) is 6.48. The van der Waals surface area contributed by atoms with Gasteiger partial charge in [0.2, 0.25) is 5.88 Å². The highest BCUT2D eigenvalue weighted by molar-refractivity contribution is 5.33. The number of aryl methyl sites for hydroxylation is 2. The molecule has 0 radical (unpaired) electrons. The number of hydrogen-bond donors (Lipinski definition) is 1. The van der Waals surface area contributed by atoms with Crippen molar-refractivity contribution in [3.8, 4) is 11.6 Å². The van der Waals surface area contributed by atoms with Crippen LogP contribution in [0.5, 0.6) is 5.88 Å². The average molecular weight is 268 g/mol. The van der Waals surface area contributed by atoms with Gasteiger partial charge in [0.05, 0.1) is 29.3 Å². The molecule has 3 aromatic rings. The highest BCUT2D eigenvalue weighted by Crippen LogP contribution is 2.17. The fourth-order valence-corrected chi connectivity index (χ4v) is 2.26. The molecule has 0 aliphatic heterocycles. The second kappa shape index (κ2) is 4.85. The molecule has 5 heteroatoms. The van der Waals surface area contributed by atoms with Gasteiger partial charge < -0.3 is 5.11 Å². The van der Waals surface area contributed by atoms with E-state index in [0.717, 1.165) is 22.8 Å². The van der Waals surface area contributed by atoms with Crippen molar-refractivity contribution in [1.29, 1.82) is 0 Å². The number of aromatic nitrogens is 4. The smallest absolute Gasteiger partial charge is 0.209 e. The zero-order chi connectivity index (χ0) is 14.1. The van der Waals surface area contributed by atoms with Crippen molar-refractivity contribution in [1.82, 2.24) is 19.6 Å². The standard InChI is InChI=1S/C15H16N4O/c1-11-8-14(10-18-15(20)9-12(2)16-18)19(17-11)13-6-4-3-5-7-13/h3-9,20H,10H2,1-2H3. The zero-order valence-electron chi connectivity index (χ0n) is 11.5. The Morgan fingerprint density at radius 2 is 1.70 bits per heavy atom. The van der Waals surface area contributed by atoms with Gasteiger partial charge in [-0.1, -0.05) is 18.2 Å². The molecule has 5 nitrogen and oxygen atoms in total. The maximum Gasteiger partial charge on any atom is 0.209 e. The number of benzene rings is 1. The Hall–Kier alpha value is -2.56. The number of nitrogens with zero attached hydrogens (tertiary/aromatic N) is 4. The first kappa shape index (κ1) is 12.5. The Balaban J connectivity index is 2.00. The monoisotopic (exact) mass is 268 g/mol. The SMILES string of the molecule is Cc1cc(O)n(Cc2cc(C)nn2-c2ccccc2)n1. The van der Waals surface area contributed by atoms with E-state index in [2.05, 4.69) is 10.2 Å². The van der Waals surface area contributed by atoms with Crippen LogP contribution < -0.4 is 0 Å². The minimum atomic E-state index is 0.168. The average Bonchev–Trinajstić information content (AvgIpc) is 2.94. The van der Waals surface area contributed by atoms with Crippen LogP contribution in [0, 0.1) is 13.8 Å². The van der Waals surface area contributed by atoms with Crippen LogP contribution in [-0.4, -0.2) is 24.7 Å². The first-order chi connectivity index (χ1) is 9.63. The third-order valence-corrected chi connectivity index (χ3v) is 3.10. The predicted molar refractivity (Wildman–Crippen MR) is 76.0 cm³/mol. The highest BCUT2D eigenvalue weighted by atomic mass is 16.3. The summed E-state index contributed by atoms with van der Waals surface area (Å²) in [5.74, 6) is 0.168. The molecule has 1 N–H and O–H groups in total. The fourth-order valence-electron chi connectivity index (χ4n) is 2.26. The number of hydrogen-bond acceptors (Lipinski definition) is 3. The summed E-state index contributed by atoms with van der Waals surface area (Å²) >= 11 is 0. The van der Waals surface area contributed by atoms with Crippen LogP contribution in [0.4, 0.5) is 0 Å². The van der Waals surface area contributed by atoms with Gasteiger partial charge in [-0.3, -0.25) is 0 Å². The van der Waals surface area contributed by atoms with E-state index in [1.165, 1.54) is 0 Å². The summed E-state index contributed by atoms with van der Waals surface area (Å²) in [5, 5.41) is 18.6. The van der Waals surface area contributed by atoms with Gasteiger partial charge in [-0.15, -0.1) is 0 Å². The van der Waals surface area contributed by atoms with Gasteiger partial charge in [0.1, 0.15) is 0 Å². The highest BCUT2D eigenvalue weighted by Gasteiger charge is 2.11. The van der Waals surface area contributed by atoms with E-state index in [1.54, 1.807) is 10.7 Å². The maximum absolute atomic E-state index is 9.83. The molecule has 2 heterocycles.